The second-order valence-corrected chi connectivity index (χ2v) is 9.88. The fourth-order valence-electron chi connectivity index (χ4n) is 3.30. The summed E-state index contributed by atoms with van der Waals surface area (Å²) in [4.78, 5) is 21.7. The second kappa shape index (κ2) is 10.3. The van der Waals surface area contributed by atoms with Crippen molar-refractivity contribution in [2.24, 2.45) is 0 Å². The zero-order chi connectivity index (χ0) is 23.3. The van der Waals surface area contributed by atoms with E-state index in [2.05, 4.69) is 20.6 Å². The molecule has 1 amide bonds. The van der Waals surface area contributed by atoms with E-state index in [1.54, 1.807) is 40.0 Å². The van der Waals surface area contributed by atoms with Gasteiger partial charge >= 0.3 is 0 Å². The van der Waals surface area contributed by atoms with E-state index in [4.69, 9.17) is 0 Å². The number of rotatable bonds is 9. The molecule has 0 saturated carbocycles. The molecule has 10 heteroatoms. The number of nitrogens with one attached hydrogen (secondary N) is 2. The molecule has 3 aromatic rings. The number of anilines is 2. The quantitative estimate of drug-likeness (QED) is 0.360. The lowest BCUT2D eigenvalue weighted by molar-refractivity contribution is -0.113. The maximum atomic E-state index is 12.9. The number of amides is 1. The molecule has 0 unspecified atom stereocenters. The molecule has 2 N–H and O–H groups in total. The standard InChI is InChI=1S/C22H27N5O3S2/c1-5-27(6-2)32(29,30)19-13-16(12-11-15(19)3)24-20(28)14-31-22-25-18-10-8-7-9-17(18)21(23-4)26-22/h7-13H,5-6,14H2,1-4H3,(H,24,28)(H,23,25,26). The average Bonchev–Trinajstić information content (AvgIpc) is 2.78. The highest BCUT2D eigenvalue weighted by Crippen LogP contribution is 2.26. The normalized spacial score (nSPS) is 11.7. The molecule has 0 bridgehead atoms. The number of nitrogens with zero attached hydrogens (tertiary/aromatic N) is 3. The van der Waals surface area contributed by atoms with Crippen molar-refractivity contribution in [3.63, 3.8) is 0 Å². The molecule has 0 spiro atoms. The van der Waals surface area contributed by atoms with Crippen molar-refractivity contribution < 1.29 is 13.2 Å². The summed E-state index contributed by atoms with van der Waals surface area (Å²) in [5, 5.41) is 7.23. The van der Waals surface area contributed by atoms with Crippen LogP contribution in [0.2, 0.25) is 0 Å². The number of fused-ring (bicyclic) bond motifs is 1. The summed E-state index contributed by atoms with van der Waals surface area (Å²) in [5.74, 6) is 0.518. The Morgan fingerprint density at radius 1 is 1.09 bits per heavy atom. The molecule has 0 fully saturated rings. The van der Waals surface area contributed by atoms with Gasteiger partial charge in [-0.15, -0.1) is 0 Å². The van der Waals surface area contributed by atoms with Crippen LogP contribution in [0, 0.1) is 6.92 Å². The van der Waals surface area contributed by atoms with Gasteiger partial charge < -0.3 is 10.6 Å². The van der Waals surface area contributed by atoms with Crippen LogP contribution in [0.25, 0.3) is 10.9 Å². The molecule has 0 atom stereocenters. The number of benzene rings is 2. The van der Waals surface area contributed by atoms with Crippen molar-refractivity contribution in [2.75, 3.05) is 36.5 Å². The Kier molecular flexibility index (Phi) is 7.70. The number of hydrogen-bond acceptors (Lipinski definition) is 7. The number of carbonyl (C=O) groups is 1. The molecule has 32 heavy (non-hydrogen) atoms. The van der Waals surface area contributed by atoms with E-state index in [1.807, 2.05) is 24.3 Å². The molecule has 1 aromatic heterocycles. The monoisotopic (exact) mass is 473 g/mol. The van der Waals surface area contributed by atoms with Crippen molar-refractivity contribution in [3.8, 4) is 0 Å². The first kappa shape index (κ1) is 24.0. The molecular formula is C22H27N5O3S2. The number of carbonyl (C=O) groups excluding carboxylic acids is 1. The molecular weight excluding hydrogens is 446 g/mol. The molecule has 0 aliphatic carbocycles. The van der Waals surface area contributed by atoms with Gasteiger partial charge in [-0.2, -0.15) is 4.31 Å². The molecule has 3 rings (SSSR count). The van der Waals surface area contributed by atoms with Crippen LogP contribution < -0.4 is 10.6 Å². The Labute approximate surface area is 192 Å². The predicted octanol–water partition coefficient (Wildman–Crippen LogP) is 3.74. The lowest BCUT2D eigenvalue weighted by Gasteiger charge is -2.20. The maximum absolute atomic E-state index is 12.9. The fourth-order valence-corrected chi connectivity index (χ4v) is 5.66. The maximum Gasteiger partial charge on any atom is 0.243 e. The molecule has 1 heterocycles. The summed E-state index contributed by atoms with van der Waals surface area (Å²) in [5.41, 5.74) is 1.86. The van der Waals surface area contributed by atoms with Crippen LogP contribution in [0.1, 0.15) is 19.4 Å². The number of thioether (sulfide) groups is 1. The van der Waals surface area contributed by atoms with Gasteiger partial charge in [-0.1, -0.05) is 43.8 Å². The summed E-state index contributed by atoms with van der Waals surface area (Å²) in [7, 11) is -1.84. The van der Waals surface area contributed by atoms with Crippen LogP contribution in [-0.4, -0.2) is 54.5 Å². The first-order valence-corrected chi connectivity index (χ1v) is 12.7. The van der Waals surface area contributed by atoms with Gasteiger partial charge in [-0.3, -0.25) is 4.79 Å². The van der Waals surface area contributed by atoms with Crippen molar-refractivity contribution in [1.82, 2.24) is 14.3 Å². The van der Waals surface area contributed by atoms with Crippen molar-refractivity contribution in [2.45, 2.75) is 30.8 Å². The Morgan fingerprint density at radius 2 is 1.81 bits per heavy atom. The van der Waals surface area contributed by atoms with Gasteiger partial charge in [0.15, 0.2) is 5.16 Å². The van der Waals surface area contributed by atoms with E-state index < -0.39 is 10.0 Å². The van der Waals surface area contributed by atoms with E-state index in [-0.39, 0.29) is 16.6 Å². The Balaban J connectivity index is 1.74. The van der Waals surface area contributed by atoms with Gasteiger partial charge in [0, 0.05) is 31.2 Å². The zero-order valence-corrected chi connectivity index (χ0v) is 20.2. The highest BCUT2D eigenvalue weighted by Gasteiger charge is 2.24. The summed E-state index contributed by atoms with van der Waals surface area (Å²) in [6, 6.07) is 12.6. The minimum Gasteiger partial charge on any atom is -0.372 e. The molecule has 0 radical (unpaired) electrons. The van der Waals surface area contributed by atoms with Crippen LogP contribution >= 0.6 is 11.8 Å². The molecule has 0 aliphatic rings. The van der Waals surface area contributed by atoms with E-state index in [1.165, 1.54) is 22.1 Å². The molecule has 8 nitrogen and oxygen atoms in total. The minimum atomic E-state index is -3.62. The predicted molar refractivity (Wildman–Crippen MR) is 130 cm³/mol. The van der Waals surface area contributed by atoms with E-state index in [0.29, 0.717) is 35.3 Å². The smallest absolute Gasteiger partial charge is 0.243 e. The van der Waals surface area contributed by atoms with Crippen LogP contribution in [-0.2, 0) is 14.8 Å². The van der Waals surface area contributed by atoms with Gasteiger partial charge in [0.25, 0.3) is 0 Å². The third-order valence-corrected chi connectivity index (χ3v) is 7.99. The first-order chi connectivity index (χ1) is 15.3. The van der Waals surface area contributed by atoms with Gasteiger partial charge in [-0.25, -0.2) is 18.4 Å². The van der Waals surface area contributed by atoms with Crippen molar-refractivity contribution in [3.05, 3.63) is 48.0 Å². The SMILES string of the molecule is CCN(CC)S(=O)(=O)c1cc(NC(=O)CSc2nc(NC)c3ccccc3n2)ccc1C. The van der Waals surface area contributed by atoms with Crippen LogP contribution in [0.3, 0.4) is 0 Å². The van der Waals surface area contributed by atoms with Crippen LogP contribution in [0.4, 0.5) is 11.5 Å². The molecule has 170 valence electrons. The third-order valence-electron chi connectivity index (χ3n) is 4.95. The molecule has 0 saturated heterocycles. The number of para-hydroxylation sites is 1. The number of sulfonamides is 1. The molecule has 0 aliphatic heterocycles. The lowest BCUT2D eigenvalue weighted by atomic mass is 10.2. The van der Waals surface area contributed by atoms with Gasteiger partial charge in [0.05, 0.1) is 16.2 Å². The number of hydrogen-bond donors (Lipinski definition) is 2. The minimum absolute atomic E-state index is 0.0908. The summed E-state index contributed by atoms with van der Waals surface area (Å²) in [6.45, 7) is 6.10. The Morgan fingerprint density at radius 3 is 2.50 bits per heavy atom. The first-order valence-electron chi connectivity index (χ1n) is 10.3. The summed E-state index contributed by atoms with van der Waals surface area (Å²) >= 11 is 1.22. The van der Waals surface area contributed by atoms with Gasteiger partial charge in [0.1, 0.15) is 5.82 Å². The van der Waals surface area contributed by atoms with Gasteiger partial charge in [-0.05, 0) is 36.8 Å². The highest BCUT2D eigenvalue weighted by atomic mass is 32.2. The van der Waals surface area contributed by atoms with Crippen LogP contribution in [0.5, 0.6) is 0 Å². The van der Waals surface area contributed by atoms with E-state index >= 15 is 0 Å². The zero-order valence-electron chi connectivity index (χ0n) is 18.5. The van der Waals surface area contributed by atoms with Gasteiger partial charge in [0.2, 0.25) is 15.9 Å². The third kappa shape index (κ3) is 5.20. The van der Waals surface area contributed by atoms with Crippen LogP contribution in [0.15, 0.2) is 52.5 Å². The summed E-state index contributed by atoms with van der Waals surface area (Å²) < 4.78 is 27.2. The summed E-state index contributed by atoms with van der Waals surface area (Å²) in [6.07, 6.45) is 0. The largest absolute Gasteiger partial charge is 0.372 e. The number of aromatic nitrogens is 2. The second-order valence-electron chi connectivity index (χ2n) is 7.03. The van der Waals surface area contributed by atoms with E-state index in [9.17, 15) is 13.2 Å². The van der Waals surface area contributed by atoms with E-state index in [0.717, 1.165) is 10.9 Å². The van der Waals surface area contributed by atoms with Crippen molar-refractivity contribution in [1.29, 1.82) is 0 Å². The van der Waals surface area contributed by atoms with Crippen molar-refractivity contribution >= 4 is 50.1 Å². The molecule has 2 aromatic carbocycles. The Bertz CT molecular complexity index is 1230. The lowest BCUT2D eigenvalue weighted by Crippen LogP contribution is -2.31. The fraction of sp³-hybridized carbons (Fsp3) is 0.318. The highest BCUT2D eigenvalue weighted by molar-refractivity contribution is 7.99. The number of aryl methyl sites for hydroxylation is 1. The Hall–Kier alpha value is -2.69. The topological polar surface area (TPSA) is 104 Å². The average molecular weight is 474 g/mol.